The quantitative estimate of drug-likeness (QED) is 0.688. The molecule has 0 bridgehead atoms. The Kier molecular flexibility index (Phi) is 4.31. The Morgan fingerprint density at radius 1 is 1.21 bits per heavy atom. The average Bonchev–Trinajstić information content (AvgIpc) is 2.97. The molecule has 1 amide bonds. The first-order valence-electron chi connectivity index (χ1n) is 7.48. The number of carbonyl (C=O) groups is 1. The van der Waals surface area contributed by atoms with Crippen molar-refractivity contribution in [3.8, 4) is 11.1 Å². The maximum Gasteiger partial charge on any atom is 0.251 e. The number of aliphatic hydroxyl groups excluding tert-OH is 1. The molecule has 1 aromatic heterocycles. The van der Waals surface area contributed by atoms with E-state index in [-0.39, 0.29) is 18.0 Å². The lowest BCUT2D eigenvalue weighted by molar-refractivity contribution is 0.0922. The number of fused-ring (bicyclic) bond motifs is 1. The van der Waals surface area contributed by atoms with Crippen molar-refractivity contribution in [3.05, 3.63) is 59.8 Å². The molecule has 0 aliphatic heterocycles. The largest absolute Gasteiger partial charge is 0.394 e. The summed E-state index contributed by atoms with van der Waals surface area (Å²) in [7, 11) is 0. The Morgan fingerprint density at radius 2 is 2.00 bits per heavy atom. The number of hydrogen-bond acceptors (Lipinski definition) is 2. The molecule has 0 spiro atoms. The monoisotopic (exact) mass is 330 g/mol. The lowest BCUT2D eigenvalue weighted by Gasteiger charge is -2.11. The van der Waals surface area contributed by atoms with Gasteiger partial charge in [-0.2, -0.15) is 0 Å². The second kappa shape index (κ2) is 6.41. The second-order valence-electron chi connectivity index (χ2n) is 5.64. The average molecular weight is 330 g/mol. The van der Waals surface area contributed by atoms with Crippen LogP contribution in [0.4, 0.5) is 8.78 Å². The van der Waals surface area contributed by atoms with Gasteiger partial charge in [-0.25, -0.2) is 8.78 Å². The van der Waals surface area contributed by atoms with Crippen LogP contribution < -0.4 is 5.32 Å². The summed E-state index contributed by atoms with van der Waals surface area (Å²) < 4.78 is 27.7. The van der Waals surface area contributed by atoms with Gasteiger partial charge in [0, 0.05) is 39.8 Å². The van der Waals surface area contributed by atoms with E-state index in [1.54, 1.807) is 19.2 Å². The number of carbonyl (C=O) groups excluding carboxylic acids is 1. The standard InChI is InChI=1S/C18H16F2N2O2/c1-10(9-23)22-18(24)11-2-4-13(16(20)6-11)15-8-21-17-7-12(19)3-5-14(15)17/h2-8,10,21,23H,9H2,1H3,(H,22,24). The van der Waals surface area contributed by atoms with Crippen LogP contribution in [-0.4, -0.2) is 28.6 Å². The highest BCUT2D eigenvalue weighted by Gasteiger charge is 2.15. The first-order chi connectivity index (χ1) is 11.5. The number of nitrogens with one attached hydrogen (secondary N) is 2. The first kappa shape index (κ1) is 16.1. The van der Waals surface area contributed by atoms with Crippen LogP contribution in [0.15, 0.2) is 42.6 Å². The topological polar surface area (TPSA) is 65.1 Å². The molecule has 1 unspecified atom stereocenters. The summed E-state index contributed by atoms with van der Waals surface area (Å²) in [6.45, 7) is 1.45. The van der Waals surface area contributed by atoms with Gasteiger partial charge in [-0.05, 0) is 37.3 Å². The van der Waals surface area contributed by atoms with Crippen molar-refractivity contribution in [1.29, 1.82) is 0 Å². The van der Waals surface area contributed by atoms with Crippen LogP contribution in [0.25, 0.3) is 22.0 Å². The van der Waals surface area contributed by atoms with Crippen molar-refractivity contribution < 1.29 is 18.7 Å². The molecule has 0 fully saturated rings. The third kappa shape index (κ3) is 3.00. The fourth-order valence-electron chi connectivity index (χ4n) is 2.55. The third-order valence-corrected chi connectivity index (χ3v) is 3.82. The minimum atomic E-state index is -0.551. The summed E-state index contributed by atoms with van der Waals surface area (Å²) in [4.78, 5) is 14.9. The summed E-state index contributed by atoms with van der Waals surface area (Å²) in [5.74, 6) is -1.38. The number of hydrogen-bond donors (Lipinski definition) is 3. The highest BCUT2D eigenvalue weighted by molar-refractivity contribution is 5.98. The van der Waals surface area contributed by atoms with Crippen LogP contribution in [0.1, 0.15) is 17.3 Å². The van der Waals surface area contributed by atoms with E-state index in [2.05, 4.69) is 10.3 Å². The second-order valence-corrected chi connectivity index (χ2v) is 5.64. The number of amides is 1. The highest BCUT2D eigenvalue weighted by atomic mass is 19.1. The molecular weight excluding hydrogens is 314 g/mol. The smallest absolute Gasteiger partial charge is 0.251 e. The summed E-state index contributed by atoms with van der Waals surface area (Å²) in [5, 5.41) is 12.2. The Hall–Kier alpha value is -2.73. The van der Waals surface area contributed by atoms with Crippen molar-refractivity contribution in [2.75, 3.05) is 6.61 Å². The van der Waals surface area contributed by atoms with E-state index in [1.165, 1.54) is 24.3 Å². The van der Waals surface area contributed by atoms with Gasteiger partial charge in [0.05, 0.1) is 6.61 Å². The van der Waals surface area contributed by atoms with Crippen LogP contribution in [0, 0.1) is 11.6 Å². The Morgan fingerprint density at radius 3 is 2.71 bits per heavy atom. The molecule has 0 saturated heterocycles. The Labute approximate surface area is 137 Å². The number of H-pyrrole nitrogens is 1. The zero-order valence-electron chi connectivity index (χ0n) is 12.9. The van der Waals surface area contributed by atoms with Crippen molar-refractivity contribution in [2.24, 2.45) is 0 Å². The third-order valence-electron chi connectivity index (χ3n) is 3.82. The van der Waals surface area contributed by atoms with E-state index in [1.807, 2.05) is 0 Å². The summed E-state index contributed by atoms with van der Waals surface area (Å²) in [5.41, 5.74) is 1.66. The van der Waals surface area contributed by atoms with Gasteiger partial charge in [0.1, 0.15) is 11.6 Å². The molecule has 3 N–H and O–H groups in total. The van der Waals surface area contributed by atoms with E-state index in [0.717, 1.165) is 6.07 Å². The van der Waals surface area contributed by atoms with Gasteiger partial charge in [0.25, 0.3) is 5.91 Å². The van der Waals surface area contributed by atoms with Crippen molar-refractivity contribution in [2.45, 2.75) is 13.0 Å². The van der Waals surface area contributed by atoms with E-state index >= 15 is 0 Å². The van der Waals surface area contributed by atoms with Crippen molar-refractivity contribution in [3.63, 3.8) is 0 Å². The molecule has 0 saturated carbocycles. The zero-order chi connectivity index (χ0) is 17.3. The maximum atomic E-state index is 14.5. The van der Waals surface area contributed by atoms with Crippen molar-refractivity contribution >= 4 is 16.8 Å². The first-order valence-corrected chi connectivity index (χ1v) is 7.48. The molecule has 24 heavy (non-hydrogen) atoms. The van der Waals surface area contributed by atoms with Gasteiger partial charge in [-0.1, -0.05) is 6.07 Å². The van der Waals surface area contributed by atoms with Gasteiger partial charge in [-0.3, -0.25) is 4.79 Å². The maximum absolute atomic E-state index is 14.5. The van der Waals surface area contributed by atoms with Crippen LogP contribution in [0.2, 0.25) is 0 Å². The van der Waals surface area contributed by atoms with Gasteiger partial charge in [0.15, 0.2) is 0 Å². The number of aromatic amines is 1. The molecule has 4 nitrogen and oxygen atoms in total. The Balaban J connectivity index is 1.96. The molecular formula is C18H16F2N2O2. The van der Waals surface area contributed by atoms with Gasteiger partial charge >= 0.3 is 0 Å². The van der Waals surface area contributed by atoms with Gasteiger partial charge in [0.2, 0.25) is 0 Å². The SMILES string of the molecule is CC(CO)NC(=O)c1ccc(-c2c[nH]c3cc(F)ccc23)c(F)c1. The molecule has 3 aromatic rings. The molecule has 3 rings (SSSR count). The number of aromatic nitrogens is 1. The van der Waals surface area contributed by atoms with Crippen LogP contribution >= 0.6 is 0 Å². The molecule has 1 heterocycles. The summed E-state index contributed by atoms with van der Waals surface area (Å²) in [6, 6.07) is 8.00. The predicted octanol–water partition coefficient (Wildman–Crippen LogP) is 3.22. The van der Waals surface area contributed by atoms with E-state index < -0.39 is 17.8 Å². The molecule has 0 aliphatic carbocycles. The highest BCUT2D eigenvalue weighted by Crippen LogP contribution is 2.31. The van der Waals surface area contributed by atoms with Gasteiger partial charge < -0.3 is 15.4 Å². The van der Waals surface area contributed by atoms with E-state index in [4.69, 9.17) is 5.11 Å². The van der Waals surface area contributed by atoms with E-state index in [9.17, 15) is 13.6 Å². The fraction of sp³-hybridized carbons (Fsp3) is 0.167. The molecule has 1 atom stereocenters. The normalized spacial score (nSPS) is 12.3. The lowest BCUT2D eigenvalue weighted by Crippen LogP contribution is -2.35. The van der Waals surface area contributed by atoms with Crippen molar-refractivity contribution in [1.82, 2.24) is 10.3 Å². The number of rotatable bonds is 4. The summed E-state index contributed by atoms with van der Waals surface area (Å²) in [6.07, 6.45) is 1.61. The number of benzene rings is 2. The zero-order valence-corrected chi connectivity index (χ0v) is 12.9. The molecule has 0 aliphatic rings. The minimum absolute atomic E-state index is 0.169. The number of aliphatic hydroxyl groups is 1. The lowest BCUT2D eigenvalue weighted by atomic mass is 10.0. The van der Waals surface area contributed by atoms with Gasteiger partial charge in [-0.15, -0.1) is 0 Å². The van der Waals surface area contributed by atoms with Crippen LogP contribution in [-0.2, 0) is 0 Å². The Bertz CT molecular complexity index is 905. The predicted molar refractivity (Wildman–Crippen MR) is 87.7 cm³/mol. The molecule has 2 aromatic carbocycles. The van der Waals surface area contributed by atoms with Crippen LogP contribution in [0.3, 0.4) is 0 Å². The molecule has 0 radical (unpaired) electrons. The molecule has 6 heteroatoms. The van der Waals surface area contributed by atoms with Crippen LogP contribution in [0.5, 0.6) is 0 Å². The molecule has 124 valence electrons. The minimum Gasteiger partial charge on any atom is -0.394 e. The fourth-order valence-corrected chi connectivity index (χ4v) is 2.55. The van der Waals surface area contributed by atoms with E-state index in [0.29, 0.717) is 22.0 Å². The number of halogens is 2. The summed E-state index contributed by atoms with van der Waals surface area (Å²) >= 11 is 0.